The number of aromatic nitrogens is 2. The van der Waals surface area contributed by atoms with Crippen molar-refractivity contribution in [2.45, 2.75) is 51.4 Å². The molecule has 2 rings (SSSR count). The van der Waals surface area contributed by atoms with E-state index in [1.807, 2.05) is 0 Å². The van der Waals surface area contributed by atoms with Crippen molar-refractivity contribution >= 4 is 5.82 Å². The van der Waals surface area contributed by atoms with Crippen molar-refractivity contribution in [3.8, 4) is 0 Å². The van der Waals surface area contributed by atoms with Crippen molar-refractivity contribution in [2.75, 3.05) is 5.73 Å². The molecule has 1 aromatic rings. The Kier molecular flexibility index (Phi) is 2.05. The van der Waals surface area contributed by atoms with E-state index in [0.717, 1.165) is 0 Å². The number of H-pyrrole nitrogens is 1. The highest BCUT2D eigenvalue weighted by atomic mass is 15.2. The minimum atomic E-state index is 0.379. The maximum atomic E-state index is 5.88. The third-order valence-electron chi connectivity index (χ3n) is 3.47. The number of nitrogens with one attached hydrogen (secondary N) is 1. The smallest absolute Gasteiger partial charge is 0.148 e. The molecule has 1 saturated carbocycles. The Morgan fingerprint density at radius 1 is 1.50 bits per heavy atom. The first kappa shape index (κ1) is 9.56. The molecule has 1 aliphatic rings. The van der Waals surface area contributed by atoms with E-state index < -0.39 is 0 Å². The van der Waals surface area contributed by atoms with E-state index in [9.17, 15) is 0 Å². The number of nitrogens with zero attached hydrogens (tertiary/aromatic N) is 1. The summed E-state index contributed by atoms with van der Waals surface area (Å²) in [4.78, 5) is 0. The topological polar surface area (TPSA) is 54.7 Å². The van der Waals surface area contributed by atoms with Crippen molar-refractivity contribution in [2.24, 2.45) is 0 Å². The van der Waals surface area contributed by atoms with Crippen LogP contribution in [0.4, 0.5) is 5.82 Å². The molecule has 3 nitrogen and oxygen atoms in total. The van der Waals surface area contributed by atoms with E-state index in [4.69, 9.17) is 5.73 Å². The van der Waals surface area contributed by atoms with Crippen molar-refractivity contribution < 1.29 is 0 Å². The van der Waals surface area contributed by atoms with Crippen LogP contribution >= 0.6 is 0 Å². The molecular weight excluding hydrogens is 174 g/mol. The van der Waals surface area contributed by atoms with Gasteiger partial charge in [0.15, 0.2) is 0 Å². The van der Waals surface area contributed by atoms with Crippen LogP contribution in [0, 0.1) is 0 Å². The minimum Gasteiger partial charge on any atom is -0.382 e. The summed E-state index contributed by atoms with van der Waals surface area (Å²) in [6, 6.07) is 0. The standard InChI is InChI=1S/C11H19N3/c1-4-11(5-6-11)9-8(7(2)3)10(12)14-13-9/h7H,4-6H2,1-3H3,(H3,12,13,14). The van der Waals surface area contributed by atoms with Crippen molar-refractivity contribution in [1.82, 2.24) is 10.2 Å². The molecule has 0 amide bonds. The summed E-state index contributed by atoms with van der Waals surface area (Å²) in [5, 5.41) is 7.28. The predicted molar refractivity (Wildman–Crippen MR) is 58.3 cm³/mol. The molecule has 0 radical (unpaired) electrons. The predicted octanol–water partition coefficient (Wildman–Crippen LogP) is 2.56. The minimum absolute atomic E-state index is 0.379. The summed E-state index contributed by atoms with van der Waals surface area (Å²) in [5.41, 5.74) is 8.80. The lowest BCUT2D eigenvalue weighted by molar-refractivity contribution is 0.624. The van der Waals surface area contributed by atoms with Crippen LogP contribution in [0.1, 0.15) is 57.2 Å². The van der Waals surface area contributed by atoms with Crippen molar-refractivity contribution in [3.63, 3.8) is 0 Å². The van der Waals surface area contributed by atoms with Crippen molar-refractivity contribution in [1.29, 1.82) is 0 Å². The molecule has 78 valence electrons. The molecule has 0 aromatic carbocycles. The number of nitrogens with two attached hydrogens (primary N) is 1. The van der Waals surface area contributed by atoms with Gasteiger partial charge in [-0.2, -0.15) is 5.10 Å². The SMILES string of the molecule is CCC1(c2[nH]nc(N)c2C(C)C)CC1. The maximum Gasteiger partial charge on any atom is 0.148 e. The summed E-state index contributed by atoms with van der Waals surface area (Å²) >= 11 is 0. The van der Waals surface area contributed by atoms with Gasteiger partial charge in [-0.15, -0.1) is 0 Å². The zero-order valence-corrected chi connectivity index (χ0v) is 9.22. The highest BCUT2D eigenvalue weighted by Gasteiger charge is 2.46. The molecule has 1 aliphatic carbocycles. The number of aromatic amines is 1. The third-order valence-corrected chi connectivity index (χ3v) is 3.47. The van der Waals surface area contributed by atoms with Gasteiger partial charge in [-0.1, -0.05) is 20.8 Å². The van der Waals surface area contributed by atoms with Gasteiger partial charge in [0.25, 0.3) is 0 Å². The fourth-order valence-electron chi connectivity index (χ4n) is 2.28. The monoisotopic (exact) mass is 193 g/mol. The Morgan fingerprint density at radius 3 is 2.57 bits per heavy atom. The van der Waals surface area contributed by atoms with Gasteiger partial charge < -0.3 is 5.73 Å². The molecule has 14 heavy (non-hydrogen) atoms. The van der Waals surface area contributed by atoms with Crippen LogP contribution in [0.25, 0.3) is 0 Å². The number of nitrogen functional groups attached to an aromatic ring is 1. The van der Waals surface area contributed by atoms with Crippen LogP contribution in [0.15, 0.2) is 0 Å². The molecule has 1 heterocycles. The van der Waals surface area contributed by atoms with Gasteiger partial charge in [-0.3, -0.25) is 5.10 Å². The van der Waals surface area contributed by atoms with Gasteiger partial charge in [0, 0.05) is 16.7 Å². The quantitative estimate of drug-likeness (QED) is 0.775. The number of hydrogen-bond acceptors (Lipinski definition) is 2. The second-order valence-corrected chi connectivity index (χ2v) is 4.69. The molecule has 0 aliphatic heterocycles. The molecule has 0 spiro atoms. The number of anilines is 1. The molecule has 0 saturated heterocycles. The van der Waals surface area contributed by atoms with E-state index >= 15 is 0 Å². The number of rotatable bonds is 3. The second kappa shape index (κ2) is 3.01. The zero-order valence-electron chi connectivity index (χ0n) is 9.22. The molecule has 3 heteroatoms. The largest absolute Gasteiger partial charge is 0.382 e. The average molecular weight is 193 g/mol. The highest BCUT2D eigenvalue weighted by Crippen LogP contribution is 2.52. The first-order valence-electron chi connectivity index (χ1n) is 5.45. The molecule has 0 unspecified atom stereocenters. The first-order chi connectivity index (χ1) is 6.60. The third kappa shape index (κ3) is 1.22. The first-order valence-corrected chi connectivity index (χ1v) is 5.45. The average Bonchev–Trinajstić information content (AvgIpc) is 2.84. The molecule has 0 atom stereocenters. The fraction of sp³-hybridized carbons (Fsp3) is 0.727. The van der Waals surface area contributed by atoms with Crippen LogP contribution in [0.3, 0.4) is 0 Å². The van der Waals surface area contributed by atoms with Crippen molar-refractivity contribution in [3.05, 3.63) is 11.3 Å². The maximum absolute atomic E-state index is 5.88. The summed E-state index contributed by atoms with van der Waals surface area (Å²) in [5.74, 6) is 1.16. The van der Waals surface area contributed by atoms with E-state index in [0.29, 0.717) is 17.2 Å². The lowest BCUT2D eigenvalue weighted by atomic mass is 9.91. The van der Waals surface area contributed by atoms with Gasteiger partial charge in [-0.05, 0) is 25.2 Å². The van der Waals surface area contributed by atoms with Gasteiger partial charge in [0.1, 0.15) is 5.82 Å². The Labute approximate surface area is 85.1 Å². The van der Waals surface area contributed by atoms with Gasteiger partial charge in [0.05, 0.1) is 0 Å². The molecule has 0 bridgehead atoms. The summed E-state index contributed by atoms with van der Waals surface area (Å²) in [6.07, 6.45) is 3.75. The van der Waals surface area contributed by atoms with Crippen LogP contribution in [0.2, 0.25) is 0 Å². The van der Waals surface area contributed by atoms with E-state index in [1.54, 1.807) is 0 Å². The Hall–Kier alpha value is -0.990. The molecule has 3 N–H and O–H groups in total. The molecular formula is C11H19N3. The lowest BCUT2D eigenvalue weighted by Gasteiger charge is -2.14. The normalized spacial score (nSPS) is 18.9. The fourth-order valence-corrected chi connectivity index (χ4v) is 2.28. The summed E-state index contributed by atoms with van der Waals surface area (Å²) in [7, 11) is 0. The summed E-state index contributed by atoms with van der Waals surface area (Å²) < 4.78 is 0. The Bertz CT molecular complexity index is 334. The Morgan fingerprint density at radius 2 is 2.14 bits per heavy atom. The molecule has 1 fully saturated rings. The van der Waals surface area contributed by atoms with E-state index in [1.165, 1.54) is 30.5 Å². The van der Waals surface area contributed by atoms with Gasteiger partial charge in [-0.25, -0.2) is 0 Å². The van der Waals surface area contributed by atoms with Crippen LogP contribution in [-0.4, -0.2) is 10.2 Å². The lowest BCUT2D eigenvalue weighted by Crippen LogP contribution is -2.09. The van der Waals surface area contributed by atoms with Gasteiger partial charge >= 0.3 is 0 Å². The van der Waals surface area contributed by atoms with Gasteiger partial charge in [0.2, 0.25) is 0 Å². The second-order valence-electron chi connectivity index (χ2n) is 4.69. The van der Waals surface area contributed by atoms with Crippen LogP contribution in [0.5, 0.6) is 0 Å². The molecule has 1 aromatic heterocycles. The van der Waals surface area contributed by atoms with Crippen LogP contribution in [-0.2, 0) is 5.41 Å². The van der Waals surface area contributed by atoms with E-state index in [-0.39, 0.29) is 0 Å². The summed E-state index contributed by atoms with van der Waals surface area (Å²) in [6.45, 7) is 6.60. The highest BCUT2D eigenvalue weighted by molar-refractivity contribution is 5.48. The zero-order chi connectivity index (χ0) is 10.3. The van der Waals surface area contributed by atoms with Crippen LogP contribution < -0.4 is 5.73 Å². The Balaban J connectivity index is 2.43. The number of hydrogen-bond donors (Lipinski definition) is 2. The van der Waals surface area contributed by atoms with E-state index in [2.05, 4.69) is 31.0 Å².